The van der Waals surface area contributed by atoms with Gasteiger partial charge in [0.25, 0.3) is 0 Å². The Morgan fingerprint density at radius 3 is 2.62 bits per heavy atom. The summed E-state index contributed by atoms with van der Waals surface area (Å²) >= 11 is 0. The van der Waals surface area contributed by atoms with Crippen LogP contribution in [0.2, 0.25) is 0 Å². The van der Waals surface area contributed by atoms with Crippen molar-refractivity contribution in [1.82, 2.24) is 5.32 Å². The molecule has 0 bridgehead atoms. The minimum absolute atomic E-state index is 0.222. The smallest absolute Gasteiger partial charge is 0.335 e. The first kappa shape index (κ1) is 12.7. The van der Waals surface area contributed by atoms with Gasteiger partial charge >= 0.3 is 5.97 Å². The van der Waals surface area contributed by atoms with E-state index < -0.39 is 5.97 Å². The van der Waals surface area contributed by atoms with Crippen molar-refractivity contribution < 1.29 is 9.90 Å². The van der Waals surface area contributed by atoms with Crippen molar-refractivity contribution in [3.05, 3.63) is 35.4 Å². The first-order chi connectivity index (χ1) is 7.54. The fraction of sp³-hybridized carbons (Fsp3) is 0.462. The summed E-state index contributed by atoms with van der Waals surface area (Å²) in [6, 6.07) is 7.35. The Labute approximate surface area is 96.5 Å². The zero-order valence-corrected chi connectivity index (χ0v) is 10.0. The van der Waals surface area contributed by atoms with E-state index in [0.717, 1.165) is 12.0 Å². The molecule has 0 saturated heterocycles. The van der Waals surface area contributed by atoms with E-state index in [1.54, 1.807) is 18.2 Å². The van der Waals surface area contributed by atoms with Crippen LogP contribution in [0.1, 0.15) is 42.2 Å². The minimum Gasteiger partial charge on any atom is -0.478 e. The van der Waals surface area contributed by atoms with E-state index in [9.17, 15) is 4.79 Å². The Kier molecular flexibility index (Phi) is 4.50. The summed E-state index contributed by atoms with van der Waals surface area (Å²) in [6.07, 6.45) is 1.000. The monoisotopic (exact) mass is 221 g/mol. The highest BCUT2D eigenvalue weighted by Gasteiger charge is 2.12. The Morgan fingerprint density at radius 2 is 2.12 bits per heavy atom. The first-order valence-corrected chi connectivity index (χ1v) is 5.55. The van der Waals surface area contributed by atoms with Crippen molar-refractivity contribution in [2.75, 3.05) is 7.05 Å². The standard InChI is InChI=1S/C13H19NO2/c1-9(2)7-12(14-3)10-5-4-6-11(8-10)13(15)16/h4-6,8-9,12,14H,7H2,1-3H3,(H,15,16). The molecule has 88 valence electrons. The van der Waals surface area contributed by atoms with Gasteiger partial charge in [0, 0.05) is 6.04 Å². The molecule has 1 unspecified atom stereocenters. The normalized spacial score (nSPS) is 12.8. The van der Waals surface area contributed by atoms with Crippen molar-refractivity contribution in [2.24, 2.45) is 5.92 Å². The number of carboxylic acids is 1. The zero-order valence-electron chi connectivity index (χ0n) is 10.0. The van der Waals surface area contributed by atoms with E-state index in [1.807, 2.05) is 13.1 Å². The third kappa shape index (κ3) is 3.35. The Bertz CT molecular complexity index is 361. The van der Waals surface area contributed by atoms with E-state index >= 15 is 0 Å². The maximum Gasteiger partial charge on any atom is 0.335 e. The molecular formula is C13H19NO2. The molecular weight excluding hydrogens is 202 g/mol. The van der Waals surface area contributed by atoms with Crippen molar-refractivity contribution in [2.45, 2.75) is 26.3 Å². The largest absolute Gasteiger partial charge is 0.478 e. The molecule has 1 atom stereocenters. The van der Waals surface area contributed by atoms with Gasteiger partial charge in [0.1, 0.15) is 0 Å². The van der Waals surface area contributed by atoms with Crippen LogP contribution in [-0.2, 0) is 0 Å². The fourth-order valence-electron chi connectivity index (χ4n) is 1.78. The topological polar surface area (TPSA) is 49.3 Å². The number of carboxylic acid groups (broad SMARTS) is 1. The lowest BCUT2D eigenvalue weighted by Crippen LogP contribution is -2.18. The first-order valence-electron chi connectivity index (χ1n) is 5.55. The average molecular weight is 221 g/mol. The van der Waals surface area contributed by atoms with E-state index in [-0.39, 0.29) is 6.04 Å². The van der Waals surface area contributed by atoms with Crippen LogP contribution in [0, 0.1) is 5.92 Å². The molecule has 0 aliphatic heterocycles. The molecule has 0 radical (unpaired) electrons. The number of aromatic carboxylic acids is 1. The molecule has 0 saturated carbocycles. The van der Waals surface area contributed by atoms with E-state index in [1.165, 1.54) is 0 Å². The highest BCUT2D eigenvalue weighted by atomic mass is 16.4. The lowest BCUT2D eigenvalue weighted by Gasteiger charge is -2.19. The van der Waals surface area contributed by atoms with Crippen molar-refractivity contribution >= 4 is 5.97 Å². The maximum atomic E-state index is 10.9. The number of carbonyl (C=O) groups is 1. The van der Waals surface area contributed by atoms with Crippen molar-refractivity contribution in [1.29, 1.82) is 0 Å². The van der Waals surface area contributed by atoms with Gasteiger partial charge in [-0.05, 0) is 37.1 Å². The van der Waals surface area contributed by atoms with Crippen molar-refractivity contribution in [3.8, 4) is 0 Å². The highest BCUT2D eigenvalue weighted by molar-refractivity contribution is 5.87. The van der Waals surface area contributed by atoms with Gasteiger partial charge in [0.05, 0.1) is 5.56 Å². The van der Waals surface area contributed by atoms with Crippen LogP contribution in [-0.4, -0.2) is 18.1 Å². The lowest BCUT2D eigenvalue weighted by molar-refractivity contribution is 0.0696. The predicted molar refractivity (Wildman–Crippen MR) is 64.7 cm³/mol. The SMILES string of the molecule is CNC(CC(C)C)c1cccc(C(=O)O)c1. The van der Waals surface area contributed by atoms with Gasteiger partial charge in [-0.3, -0.25) is 0 Å². The van der Waals surface area contributed by atoms with Crippen LogP contribution in [0.5, 0.6) is 0 Å². The second-order valence-electron chi connectivity index (χ2n) is 4.40. The van der Waals surface area contributed by atoms with Crippen LogP contribution in [0.3, 0.4) is 0 Å². The third-order valence-electron chi connectivity index (χ3n) is 2.59. The summed E-state index contributed by atoms with van der Waals surface area (Å²) < 4.78 is 0. The molecule has 1 aromatic carbocycles. The van der Waals surface area contributed by atoms with Gasteiger partial charge < -0.3 is 10.4 Å². The summed E-state index contributed by atoms with van der Waals surface area (Å²) in [5.41, 5.74) is 1.39. The van der Waals surface area contributed by atoms with Gasteiger partial charge in [-0.1, -0.05) is 26.0 Å². The molecule has 0 aliphatic carbocycles. The Balaban J connectivity index is 2.92. The number of benzene rings is 1. The van der Waals surface area contributed by atoms with Crippen molar-refractivity contribution in [3.63, 3.8) is 0 Å². The van der Waals surface area contributed by atoms with Gasteiger partial charge in [0.2, 0.25) is 0 Å². The molecule has 0 fully saturated rings. The molecule has 2 N–H and O–H groups in total. The Hall–Kier alpha value is -1.35. The second kappa shape index (κ2) is 5.66. The predicted octanol–water partition coefficient (Wildman–Crippen LogP) is 2.69. The van der Waals surface area contributed by atoms with E-state index in [0.29, 0.717) is 11.5 Å². The summed E-state index contributed by atoms with van der Waals surface area (Å²) in [7, 11) is 1.90. The van der Waals surface area contributed by atoms with Gasteiger partial charge in [-0.15, -0.1) is 0 Å². The van der Waals surface area contributed by atoms with Gasteiger partial charge in [-0.2, -0.15) is 0 Å². The number of hydrogen-bond donors (Lipinski definition) is 2. The molecule has 1 rings (SSSR count). The van der Waals surface area contributed by atoms with Crippen LogP contribution in [0.4, 0.5) is 0 Å². The van der Waals surface area contributed by atoms with Gasteiger partial charge in [0.15, 0.2) is 0 Å². The quantitative estimate of drug-likeness (QED) is 0.803. The average Bonchev–Trinajstić information content (AvgIpc) is 2.25. The summed E-state index contributed by atoms with van der Waals surface area (Å²) in [5.74, 6) is -0.299. The highest BCUT2D eigenvalue weighted by Crippen LogP contribution is 2.21. The second-order valence-corrected chi connectivity index (χ2v) is 4.40. The number of hydrogen-bond acceptors (Lipinski definition) is 2. The summed E-state index contributed by atoms with van der Waals surface area (Å²) in [6.45, 7) is 4.32. The molecule has 0 heterocycles. The molecule has 16 heavy (non-hydrogen) atoms. The minimum atomic E-state index is -0.874. The molecule has 0 aromatic heterocycles. The van der Waals surface area contributed by atoms with Crippen LogP contribution in [0.25, 0.3) is 0 Å². The Morgan fingerprint density at radius 1 is 1.44 bits per heavy atom. The molecule has 3 heteroatoms. The lowest BCUT2D eigenvalue weighted by atomic mass is 9.96. The van der Waals surface area contributed by atoms with Gasteiger partial charge in [-0.25, -0.2) is 4.79 Å². The number of nitrogens with one attached hydrogen (secondary N) is 1. The van der Waals surface area contributed by atoms with Crippen LogP contribution < -0.4 is 5.32 Å². The zero-order chi connectivity index (χ0) is 12.1. The van der Waals surface area contributed by atoms with Crippen LogP contribution in [0.15, 0.2) is 24.3 Å². The summed E-state index contributed by atoms with van der Waals surface area (Å²) in [5, 5.41) is 12.1. The molecule has 0 spiro atoms. The molecule has 0 amide bonds. The fourth-order valence-corrected chi connectivity index (χ4v) is 1.78. The molecule has 0 aliphatic rings. The molecule has 3 nitrogen and oxygen atoms in total. The third-order valence-corrected chi connectivity index (χ3v) is 2.59. The van der Waals surface area contributed by atoms with Crippen LogP contribution >= 0.6 is 0 Å². The number of rotatable bonds is 5. The molecule has 1 aromatic rings. The van der Waals surface area contributed by atoms with E-state index in [2.05, 4.69) is 19.2 Å². The summed E-state index contributed by atoms with van der Waals surface area (Å²) in [4.78, 5) is 10.9. The maximum absolute atomic E-state index is 10.9. The van der Waals surface area contributed by atoms with E-state index in [4.69, 9.17) is 5.11 Å².